The predicted molar refractivity (Wildman–Crippen MR) is 120 cm³/mol. The molecule has 1 heterocycles. The van der Waals surface area contributed by atoms with Crippen LogP contribution in [0.1, 0.15) is 5.56 Å². The minimum atomic E-state index is -0.00583. The summed E-state index contributed by atoms with van der Waals surface area (Å²) in [5.74, 6) is -0.0108. The predicted octanol–water partition coefficient (Wildman–Crippen LogP) is 2.79. The van der Waals surface area contributed by atoms with Crippen molar-refractivity contribution in [2.24, 2.45) is 0 Å². The number of piperazine rings is 1. The maximum absolute atomic E-state index is 12.3. The van der Waals surface area contributed by atoms with E-state index in [2.05, 4.69) is 43.0 Å². The van der Waals surface area contributed by atoms with Crippen molar-refractivity contribution in [2.75, 3.05) is 49.9 Å². The topological polar surface area (TPSA) is 64.7 Å². The van der Waals surface area contributed by atoms with E-state index in [1.807, 2.05) is 55.5 Å². The molecule has 2 amide bonds. The number of halogens is 1. The molecule has 0 atom stereocenters. The third-order valence-corrected chi connectivity index (χ3v) is 5.62. The lowest BCUT2D eigenvalue weighted by Gasteiger charge is -2.33. The third kappa shape index (κ3) is 6.29. The van der Waals surface area contributed by atoms with Gasteiger partial charge in [0.05, 0.1) is 18.8 Å². The van der Waals surface area contributed by atoms with E-state index in [1.54, 1.807) is 0 Å². The van der Waals surface area contributed by atoms with E-state index in [1.165, 1.54) is 5.56 Å². The number of para-hydroxylation sites is 1. The molecule has 3 rings (SSSR count). The van der Waals surface area contributed by atoms with Gasteiger partial charge >= 0.3 is 0 Å². The summed E-state index contributed by atoms with van der Waals surface area (Å²) in [6.45, 7) is 5.86. The van der Waals surface area contributed by atoms with E-state index in [-0.39, 0.29) is 11.8 Å². The molecule has 6 nitrogen and oxygen atoms in total. The number of nitrogens with one attached hydrogen (secondary N) is 2. The van der Waals surface area contributed by atoms with Crippen LogP contribution in [0.2, 0.25) is 0 Å². The molecule has 148 valence electrons. The van der Waals surface area contributed by atoms with E-state index < -0.39 is 0 Å². The minimum Gasteiger partial charge on any atom is -0.325 e. The van der Waals surface area contributed by atoms with E-state index in [4.69, 9.17) is 0 Å². The molecule has 0 aromatic heterocycles. The molecule has 1 saturated heterocycles. The monoisotopic (exact) mass is 492 g/mol. The Balaban J connectivity index is 1.39. The summed E-state index contributed by atoms with van der Waals surface area (Å²) in [7, 11) is 0. The van der Waals surface area contributed by atoms with Gasteiger partial charge in [0.1, 0.15) is 0 Å². The van der Waals surface area contributed by atoms with Crippen LogP contribution in [0, 0.1) is 10.5 Å². The van der Waals surface area contributed by atoms with Gasteiger partial charge in [0.2, 0.25) is 11.8 Å². The molecule has 1 fully saturated rings. The fourth-order valence-electron chi connectivity index (χ4n) is 3.10. The van der Waals surface area contributed by atoms with Crippen LogP contribution in [-0.4, -0.2) is 60.9 Å². The van der Waals surface area contributed by atoms with Crippen molar-refractivity contribution in [2.45, 2.75) is 6.92 Å². The lowest BCUT2D eigenvalue weighted by Crippen LogP contribution is -2.50. The number of hydrogen-bond donors (Lipinski definition) is 2. The van der Waals surface area contributed by atoms with Gasteiger partial charge in [-0.3, -0.25) is 19.4 Å². The van der Waals surface area contributed by atoms with Gasteiger partial charge in [-0.15, -0.1) is 0 Å². The fraction of sp³-hybridized carbons (Fsp3) is 0.333. The molecule has 1 aliphatic rings. The molecule has 2 N–H and O–H groups in total. The second-order valence-corrected chi connectivity index (χ2v) is 8.16. The van der Waals surface area contributed by atoms with Crippen molar-refractivity contribution in [1.29, 1.82) is 0 Å². The minimum absolute atomic E-state index is 0.00493. The lowest BCUT2D eigenvalue weighted by atomic mass is 10.2. The van der Waals surface area contributed by atoms with Gasteiger partial charge in [-0.2, -0.15) is 0 Å². The summed E-state index contributed by atoms with van der Waals surface area (Å²) >= 11 is 2.21. The molecule has 0 unspecified atom stereocenters. The van der Waals surface area contributed by atoms with Crippen molar-refractivity contribution in [3.8, 4) is 0 Å². The zero-order chi connectivity index (χ0) is 19.9. The van der Waals surface area contributed by atoms with Crippen molar-refractivity contribution in [3.05, 3.63) is 57.7 Å². The average Bonchev–Trinajstić information content (AvgIpc) is 2.67. The largest absolute Gasteiger partial charge is 0.325 e. The second kappa shape index (κ2) is 9.99. The van der Waals surface area contributed by atoms with Crippen molar-refractivity contribution < 1.29 is 9.59 Å². The Morgan fingerprint density at radius 3 is 1.96 bits per heavy atom. The average molecular weight is 492 g/mol. The molecule has 0 bridgehead atoms. The van der Waals surface area contributed by atoms with Crippen LogP contribution in [-0.2, 0) is 9.59 Å². The van der Waals surface area contributed by atoms with Gasteiger partial charge < -0.3 is 10.6 Å². The smallest absolute Gasteiger partial charge is 0.238 e. The third-order valence-electron chi connectivity index (χ3n) is 4.68. The summed E-state index contributed by atoms with van der Waals surface area (Å²) in [4.78, 5) is 28.8. The van der Waals surface area contributed by atoms with Gasteiger partial charge in [-0.25, -0.2) is 0 Å². The van der Waals surface area contributed by atoms with Crippen LogP contribution in [0.15, 0.2) is 48.5 Å². The first-order chi connectivity index (χ1) is 13.5. The van der Waals surface area contributed by atoms with Gasteiger partial charge in [-0.1, -0.05) is 29.8 Å². The zero-order valence-corrected chi connectivity index (χ0v) is 18.1. The number of amides is 2. The van der Waals surface area contributed by atoms with E-state index >= 15 is 0 Å². The van der Waals surface area contributed by atoms with Gasteiger partial charge in [0, 0.05) is 35.4 Å². The molecule has 7 heteroatoms. The molecular formula is C21H25IN4O2. The van der Waals surface area contributed by atoms with Crippen LogP contribution >= 0.6 is 22.6 Å². The molecule has 0 aliphatic carbocycles. The first-order valence-corrected chi connectivity index (χ1v) is 10.4. The number of aryl methyl sites for hydroxylation is 1. The van der Waals surface area contributed by atoms with Gasteiger partial charge in [0.25, 0.3) is 0 Å². The number of anilines is 2. The number of rotatable bonds is 6. The highest BCUT2D eigenvalue weighted by molar-refractivity contribution is 14.1. The molecule has 0 radical (unpaired) electrons. The van der Waals surface area contributed by atoms with Gasteiger partial charge in [0.15, 0.2) is 0 Å². The van der Waals surface area contributed by atoms with E-state index in [0.717, 1.165) is 41.1 Å². The highest BCUT2D eigenvalue weighted by Gasteiger charge is 2.20. The molecule has 2 aromatic rings. The van der Waals surface area contributed by atoms with E-state index in [0.29, 0.717) is 13.1 Å². The molecule has 1 aliphatic heterocycles. The molecule has 0 spiro atoms. The summed E-state index contributed by atoms with van der Waals surface area (Å²) in [5.41, 5.74) is 2.83. The molecule has 28 heavy (non-hydrogen) atoms. The first-order valence-electron chi connectivity index (χ1n) is 9.35. The van der Waals surface area contributed by atoms with E-state index in [9.17, 15) is 9.59 Å². The maximum Gasteiger partial charge on any atom is 0.238 e. The Morgan fingerprint density at radius 1 is 0.857 bits per heavy atom. The summed E-state index contributed by atoms with van der Waals surface area (Å²) in [6, 6.07) is 15.5. The van der Waals surface area contributed by atoms with Crippen LogP contribution in [0.3, 0.4) is 0 Å². The summed E-state index contributed by atoms with van der Waals surface area (Å²) in [5, 5.41) is 5.90. The Labute approximate surface area is 179 Å². The van der Waals surface area contributed by atoms with Gasteiger partial charge in [-0.05, 0) is 53.8 Å². The highest BCUT2D eigenvalue weighted by Crippen LogP contribution is 2.17. The standard InChI is InChI=1S/C21H25IN4O2/c1-16-6-8-17(9-7-16)23-20(27)14-25-10-12-26(13-11-25)15-21(28)24-19-5-3-2-4-18(19)22/h2-9H,10-15H2,1H3,(H,23,27)(H,24,28). The SMILES string of the molecule is Cc1ccc(NC(=O)CN2CCN(CC(=O)Nc3ccccc3I)CC2)cc1. The second-order valence-electron chi connectivity index (χ2n) is 6.99. The Morgan fingerprint density at radius 2 is 1.39 bits per heavy atom. The van der Waals surface area contributed by atoms with Crippen LogP contribution in [0.5, 0.6) is 0 Å². The number of nitrogens with zero attached hydrogens (tertiary/aromatic N) is 2. The number of benzene rings is 2. The van der Waals surface area contributed by atoms with Crippen molar-refractivity contribution in [1.82, 2.24) is 9.80 Å². The Bertz CT molecular complexity index is 817. The maximum atomic E-state index is 12.3. The number of hydrogen-bond acceptors (Lipinski definition) is 4. The Hall–Kier alpha value is -1.97. The number of carbonyl (C=O) groups excluding carboxylic acids is 2. The van der Waals surface area contributed by atoms with Crippen LogP contribution in [0.4, 0.5) is 11.4 Å². The quantitative estimate of drug-likeness (QED) is 0.609. The highest BCUT2D eigenvalue weighted by atomic mass is 127. The van der Waals surface area contributed by atoms with Crippen molar-refractivity contribution in [3.63, 3.8) is 0 Å². The summed E-state index contributed by atoms with van der Waals surface area (Å²) in [6.07, 6.45) is 0. The normalized spacial score (nSPS) is 15.2. The molecule has 0 saturated carbocycles. The zero-order valence-electron chi connectivity index (χ0n) is 16.0. The lowest BCUT2D eigenvalue weighted by molar-refractivity contribution is -0.120. The number of carbonyl (C=O) groups is 2. The summed E-state index contributed by atoms with van der Waals surface area (Å²) < 4.78 is 1.03. The molecular weight excluding hydrogens is 467 g/mol. The first kappa shape index (κ1) is 20.8. The molecule has 2 aromatic carbocycles. The van der Waals surface area contributed by atoms with Crippen molar-refractivity contribution >= 4 is 45.8 Å². The Kier molecular flexibility index (Phi) is 7.41. The van der Waals surface area contributed by atoms with Crippen LogP contribution < -0.4 is 10.6 Å². The fourth-order valence-corrected chi connectivity index (χ4v) is 3.62. The van der Waals surface area contributed by atoms with Crippen LogP contribution in [0.25, 0.3) is 0 Å².